The van der Waals surface area contributed by atoms with Gasteiger partial charge in [-0.3, -0.25) is 9.59 Å². The standard InChI is InChI=1S/C27H48N2O2/c1-7-8-18-22-26(31)29(24(2)3)23-20-17-15-13-11-9-10-12-14-16-19-21-25(30)28-27(4,5)6/h9,11-12,14-15,17,24H,7-8,10,13,16,18-23H2,1-6H3,(H,28,30)/b11-9-,14-12-,17-15-. The van der Waals surface area contributed by atoms with Crippen molar-refractivity contribution in [2.45, 2.75) is 117 Å². The van der Waals surface area contributed by atoms with Crippen molar-refractivity contribution in [3.63, 3.8) is 0 Å². The van der Waals surface area contributed by atoms with Gasteiger partial charge in [-0.2, -0.15) is 0 Å². The number of hydrogen-bond donors (Lipinski definition) is 1. The Bertz CT molecular complexity index is 568. The summed E-state index contributed by atoms with van der Waals surface area (Å²) in [6.45, 7) is 13.2. The third-order valence-corrected chi connectivity index (χ3v) is 4.81. The smallest absolute Gasteiger partial charge is 0.222 e. The lowest BCUT2D eigenvalue weighted by Crippen LogP contribution is -2.40. The van der Waals surface area contributed by atoms with Crippen LogP contribution < -0.4 is 5.32 Å². The molecule has 0 heterocycles. The van der Waals surface area contributed by atoms with Crippen molar-refractivity contribution in [2.24, 2.45) is 0 Å². The first-order valence-corrected chi connectivity index (χ1v) is 12.2. The van der Waals surface area contributed by atoms with Gasteiger partial charge in [-0.05, 0) is 73.1 Å². The highest BCUT2D eigenvalue weighted by molar-refractivity contribution is 5.76. The minimum absolute atomic E-state index is 0.130. The molecule has 0 unspecified atom stereocenters. The van der Waals surface area contributed by atoms with E-state index in [9.17, 15) is 9.59 Å². The monoisotopic (exact) mass is 432 g/mol. The molecule has 0 spiro atoms. The maximum absolute atomic E-state index is 12.3. The molecule has 0 saturated heterocycles. The van der Waals surface area contributed by atoms with Crippen LogP contribution in [0.1, 0.15) is 106 Å². The van der Waals surface area contributed by atoms with E-state index in [1.165, 1.54) is 0 Å². The van der Waals surface area contributed by atoms with Gasteiger partial charge in [0.15, 0.2) is 0 Å². The molecule has 4 heteroatoms. The number of carbonyl (C=O) groups is 2. The summed E-state index contributed by atoms with van der Waals surface area (Å²) in [5.41, 5.74) is -0.147. The van der Waals surface area contributed by atoms with Crippen LogP contribution in [0, 0.1) is 0 Å². The van der Waals surface area contributed by atoms with Crippen LogP contribution in [0.15, 0.2) is 36.5 Å². The molecule has 0 radical (unpaired) electrons. The first-order chi connectivity index (χ1) is 14.7. The maximum Gasteiger partial charge on any atom is 0.222 e. The van der Waals surface area contributed by atoms with Gasteiger partial charge in [0.25, 0.3) is 0 Å². The average Bonchev–Trinajstić information content (AvgIpc) is 2.66. The Morgan fingerprint density at radius 3 is 1.97 bits per heavy atom. The Morgan fingerprint density at radius 1 is 0.839 bits per heavy atom. The predicted molar refractivity (Wildman–Crippen MR) is 134 cm³/mol. The minimum atomic E-state index is -0.147. The lowest BCUT2D eigenvalue weighted by Gasteiger charge is -2.26. The molecule has 0 aromatic rings. The van der Waals surface area contributed by atoms with Crippen LogP contribution in [0.25, 0.3) is 0 Å². The predicted octanol–water partition coefficient (Wildman–Crippen LogP) is 6.73. The Labute approximate surface area is 192 Å². The van der Waals surface area contributed by atoms with E-state index in [1.807, 2.05) is 25.7 Å². The maximum atomic E-state index is 12.3. The molecule has 0 aliphatic heterocycles. The highest BCUT2D eigenvalue weighted by atomic mass is 16.2. The molecule has 0 bridgehead atoms. The van der Waals surface area contributed by atoms with E-state index in [0.717, 1.165) is 57.9 Å². The van der Waals surface area contributed by atoms with Crippen LogP contribution in [-0.2, 0) is 9.59 Å². The van der Waals surface area contributed by atoms with E-state index in [4.69, 9.17) is 0 Å². The molecule has 0 atom stereocenters. The summed E-state index contributed by atoms with van der Waals surface area (Å²) in [7, 11) is 0. The zero-order valence-electron chi connectivity index (χ0n) is 21.1. The molecule has 0 saturated carbocycles. The van der Waals surface area contributed by atoms with E-state index >= 15 is 0 Å². The van der Waals surface area contributed by atoms with E-state index in [1.54, 1.807) is 0 Å². The third kappa shape index (κ3) is 18.6. The fourth-order valence-electron chi connectivity index (χ4n) is 3.19. The quantitative estimate of drug-likeness (QED) is 0.217. The second kappa shape index (κ2) is 17.8. The van der Waals surface area contributed by atoms with Crippen LogP contribution in [0.2, 0.25) is 0 Å². The van der Waals surface area contributed by atoms with Crippen molar-refractivity contribution in [3.8, 4) is 0 Å². The zero-order chi connectivity index (χ0) is 23.5. The lowest BCUT2D eigenvalue weighted by atomic mass is 10.1. The summed E-state index contributed by atoms with van der Waals surface area (Å²) in [6, 6.07) is 0.266. The summed E-state index contributed by atoms with van der Waals surface area (Å²) in [5, 5.41) is 2.99. The normalized spacial score (nSPS) is 12.5. The first-order valence-electron chi connectivity index (χ1n) is 12.2. The Morgan fingerprint density at radius 2 is 1.42 bits per heavy atom. The van der Waals surface area contributed by atoms with Crippen molar-refractivity contribution in [2.75, 3.05) is 6.54 Å². The van der Waals surface area contributed by atoms with Crippen LogP contribution >= 0.6 is 0 Å². The van der Waals surface area contributed by atoms with Crippen LogP contribution in [0.4, 0.5) is 0 Å². The first kappa shape index (κ1) is 29.2. The number of unbranched alkanes of at least 4 members (excludes halogenated alkanes) is 3. The number of nitrogens with zero attached hydrogens (tertiary/aromatic N) is 1. The highest BCUT2D eigenvalue weighted by Crippen LogP contribution is 2.08. The van der Waals surface area contributed by atoms with Gasteiger partial charge in [0.05, 0.1) is 0 Å². The Hall–Kier alpha value is -1.84. The highest BCUT2D eigenvalue weighted by Gasteiger charge is 2.15. The van der Waals surface area contributed by atoms with E-state index in [0.29, 0.717) is 18.7 Å². The molecule has 0 fully saturated rings. The Balaban J connectivity index is 3.89. The van der Waals surface area contributed by atoms with Gasteiger partial charge in [-0.25, -0.2) is 0 Å². The van der Waals surface area contributed by atoms with Gasteiger partial charge >= 0.3 is 0 Å². The SMILES string of the molecule is CCCCCC(=O)N(CC/C=C\C/C=C\C/C=C\CCCC(=O)NC(C)(C)C)C(C)C. The van der Waals surface area contributed by atoms with Gasteiger partial charge in [0.2, 0.25) is 11.8 Å². The molecule has 0 aromatic heterocycles. The molecule has 4 nitrogen and oxygen atoms in total. The second-order valence-corrected chi connectivity index (χ2v) is 9.50. The van der Waals surface area contributed by atoms with Gasteiger partial charge in [-0.15, -0.1) is 0 Å². The molecular formula is C27H48N2O2. The van der Waals surface area contributed by atoms with Gasteiger partial charge < -0.3 is 10.2 Å². The topological polar surface area (TPSA) is 49.4 Å². The van der Waals surface area contributed by atoms with E-state index in [-0.39, 0.29) is 17.5 Å². The summed E-state index contributed by atoms with van der Waals surface area (Å²) in [5.74, 6) is 0.420. The molecule has 0 aliphatic carbocycles. The largest absolute Gasteiger partial charge is 0.352 e. The summed E-state index contributed by atoms with van der Waals surface area (Å²) < 4.78 is 0. The number of nitrogens with one attached hydrogen (secondary N) is 1. The second-order valence-electron chi connectivity index (χ2n) is 9.50. The minimum Gasteiger partial charge on any atom is -0.352 e. The van der Waals surface area contributed by atoms with Gasteiger partial charge in [0, 0.05) is 31.0 Å². The molecule has 0 aromatic carbocycles. The molecule has 2 amide bonds. The molecule has 1 N–H and O–H groups in total. The van der Waals surface area contributed by atoms with Crippen molar-refractivity contribution in [3.05, 3.63) is 36.5 Å². The number of allylic oxidation sites excluding steroid dienone is 5. The molecule has 178 valence electrons. The third-order valence-electron chi connectivity index (χ3n) is 4.81. The summed E-state index contributed by atoms with van der Waals surface area (Å²) in [6.07, 6.45) is 22.1. The molecule has 0 rings (SSSR count). The van der Waals surface area contributed by atoms with Crippen molar-refractivity contribution in [1.82, 2.24) is 10.2 Å². The average molecular weight is 433 g/mol. The molecule has 0 aliphatic rings. The zero-order valence-corrected chi connectivity index (χ0v) is 21.1. The van der Waals surface area contributed by atoms with Gasteiger partial charge in [-0.1, -0.05) is 56.2 Å². The number of rotatable bonds is 16. The summed E-state index contributed by atoms with van der Waals surface area (Å²) in [4.78, 5) is 26.1. The number of amides is 2. The fraction of sp³-hybridized carbons (Fsp3) is 0.704. The van der Waals surface area contributed by atoms with Crippen molar-refractivity contribution in [1.29, 1.82) is 0 Å². The van der Waals surface area contributed by atoms with Crippen molar-refractivity contribution < 1.29 is 9.59 Å². The summed E-state index contributed by atoms with van der Waals surface area (Å²) >= 11 is 0. The molecule has 31 heavy (non-hydrogen) atoms. The Kier molecular flexibility index (Phi) is 16.7. The number of carbonyl (C=O) groups excluding carboxylic acids is 2. The van der Waals surface area contributed by atoms with Crippen molar-refractivity contribution >= 4 is 11.8 Å². The van der Waals surface area contributed by atoms with E-state index in [2.05, 4.69) is 62.5 Å². The molecular weight excluding hydrogens is 384 g/mol. The number of hydrogen-bond acceptors (Lipinski definition) is 2. The van der Waals surface area contributed by atoms with Crippen LogP contribution in [0.5, 0.6) is 0 Å². The van der Waals surface area contributed by atoms with Crippen LogP contribution in [0.3, 0.4) is 0 Å². The van der Waals surface area contributed by atoms with Gasteiger partial charge in [0.1, 0.15) is 0 Å². The lowest BCUT2D eigenvalue weighted by molar-refractivity contribution is -0.133. The van der Waals surface area contributed by atoms with E-state index < -0.39 is 0 Å². The van der Waals surface area contributed by atoms with Crippen LogP contribution in [-0.4, -0.2) is 34.8 Å². The fourth-order valence-corrected chi connectivity index (χ4v) is 3.19.